The van der Waals surface area contributed by atoms with Gasteiger partial charge in [0.1, 0.15) is 0 Å². The van der Waals surface area contributed by atoms with Gasteiger partial charge in [-0.1, -0.05) is 24.9 Å². The molecule has 0 aromatic rings. The maximum atomic E-state index is 12.0. The highest BCUT2D eigenvalue weighted by atomic mass is 16.6. The lowest BCUT2D eigenvalue weighted by molar-refractivity contribution is -0.132. The summed E-state index contributed by atoms with van der Waals surface area (Å²) in [4.78, 5) is 27.5. The van der Waals surface area contributed by atoms with Crippen LogP contribution in [0, 0.1) is 5.92 Å². The molecule has 6 nitrogen and oxygen atoms in total. The normalized spacial score (nSPS) is 31.0. The predicted octanol–water partition coefficient (Wildman–Crippen LogP) is 1.30. The molecule has 0 spiro atoms. The topological polar surface area (TPSA) is 88.0 Å². The van der Waals surface area contributed by atoms with Crippen molar-refractivity contribution < 1.29 is 19.5 Å². The number of oxime groups is 1. The third kappa shape index (κ3) is 3.68. The van der Waals surface area contributed by atoms with Crippen LogP contribution in [0.3, 0.4) is 0 Å². The molecule has 0 bridgehead atoms. The van der Waals surface area contributed by atoms with Crippen molar-refractivity contribution in [2.45, 2.75) is 57.6 Å². The highest BCUT2D eigenvalue weighted by Gasteiger charge is 2.32. The number of hydrogen-bond acceptors (Lipinski definition) is 4. The molecule has 106 valence electrons. The molecule has 19 heavy (non-hydrogen) atoms. The average molecular weight is 268 g/mol. The second-order valence-electron chi connectivity index (χ2n) is 5.46. The lowest BCUT2D eigenvalue weighted by Gasteiger charge is -2.18. The van der Waals surface area contributed by atoms with Gasteiger partial charge in [0, 0.05) is 12.5 Å². The van der Waals surface area contributed by atoms with Crippen molar-refractivity contribution in [1.29, 1.82) is 0 Å². The number of carboxylic acid groups (broad SMARTS) is 1. The summed E-state index contributed by atoms with van der Waals surface area (Å²) in [6, 6.07) is 0.176. The first-order chi connectivity index (χ1) is 9.06. The third-order valence-electron chi connectivity index (χ3n) is 3.81. The van der Waals surface area contributed by atoms with E-state index in [1.165, 1.54) is 6.42 Å². The number of rotatable bonds is 3. The zero-order chi connectivity index (χ0) is 13.8. The van der Waals surface area contributed by atoms with Gasteiger partial charge < -0.3 is 15.3 Å². The van der Waals surface area contributed by atoms with Gasteiger partial charge in [-0.15, -0.1) is 0 Å². The number of aliphatic carboxylic acids is 1. The first-order valence-corrected chi connectivity index (χ1v) is 6.82. The SMILES string of the molecule is CC1CCCC(NC(=O)C2CC(C(=O)O)=NO2)CC1. The van der Waals surface area contributed by atoms with E-state index in [1.54, 1.807) is 0 Å². The highest BCUT2D eigenvalue weighted by Crippen LogP contribution is 2.23. The summed E-state index contributed by atoms with van der Waals surface area (Å²) >= 11 is 0. The van der Waals surface area contributed by atoms with E-state index in [4.69, 9.17) is 9.94 Å². The van der Waals surface area contributed by atoms with Crippen molar-refractivity contribution in [3.05, 3.63) is 0 Å². The van der Waals surface area contributed by atoms with Crippen LogP contribution in [-0.4, -0.2) is 34.8 Å². The average Bonchev–Trinajstić information content (AvgIpc) is 2.77. The predicted molar refractivity (Wildman–Crippen MR) is 68.7 cm³/mol. The van der Waals surface area contributed by atoms with Crippen molar-refractivity contribution in [2.75, 3.05) is 0 Å². The molecule has 3 atom stereocenters. The fraction of sp³-hybridized carbons (Fsp3) is 0.769. The van der Waals surface area contributed by atoms with Gasteiger partial charge in [0.25, 0.3) is 5.91 Å². The van der Waals surface area contributed by atoms with Crippen LogP contribution < -0.4 is 5.32 Å². The molecule has 1 heterocycles. The van der Waals surface area contributed by atoms with Gasteiger partial charge in [0.2, 0.25) is 6.10 Å². The standard InChI is InChI=1S/C13H20N2O4/c1-8-3-2-4-9(6-5-8)14-12(16)11-7-10(13(17)18)15-19-11/h8-9,11H,2-7H2,1H3,(H,14,16)(H,17,18). The third-order valence-corrected chi connectivity index (χ3v) is 3.81. The molecule has 0 aromatic carbocycles. The largest absolute Gasteiger partial charge is 0.477 e. The van der Waals surface area contributed by atoms with Crippen molar-refractivity contribution in [2.24, 2.45) is 11.1 Å². The number of hydrogen-bond donors (Lipinski definition) is 2. The van der Waals surface area contributed by atoms with Gasteiger partial charge in [-0.25, -0.2) is 4.79 Å². The lowest BCUT2D eigenvalue weighted by atomic mass is 10.0. The maximum Gasteiger partial charge on any atom is 0.353 e. The van der Waals surface area contributed by atoms with E-state index in [9.17, 15) is 9.59 Å². The molecule has 0 saturated heterocycles. The van der Waals surface area contributed by atoms with Gasteiger partial charge in [-0.2, -0.15) is 0 Å². The van der Waals surface area contributed by atoms with Crippen LogP contribution in [0.4, 0.5) is 0 Å². The molecular weight excluding hydrogens is 248 g/mol. The van der Waals surface area contributed by atoms with Crippen LogP contribution in [-0.2, 0) is 14.4 Å². The minimum atomic E-state index is -1.13. The molecule has 1 aliphatic carbocycles. The zero-order valence-corrected chi connectivity index (χ0v) is 11.1. The first-order valence-electron chi connectivity index (χ1n) is 6.82. The Morgan fingerprint density at radius 1 is 1.32 bits per heavy atom. The molecule has 1 saturated carbocycles. The summed E-state index contributed by atoms with van der Waals surface area (Å²) < 4.78 is 0. The summed E-state index contributed by atoms with van der Waals surface area (Å²) in [5.41, 5.74) is -0.0883. The summed E-state index contributed by atoms with van der Waals surface area (Å²) in [7, 11) is 0. The van der Waals surface area contributed by atoms with Crippen LogP contribution in [0.15, 0.2) is 5.16 Å². The van der Waals surface area contributed by atoms with Gasteiger partial charge in [0.05, 0.1) is 0 Å². The second-order valence-corrected chi connectivity index (χ2v) is 5.46. The fourth-order valence-electron chi connectivity index (χ4n) is 2.57. The number of carbonyl (C=O) groups excluding carboxylic acids is 1. The molecular formula is C13H20N2O4. The molecule has 1 amide bonds. The summed E-state index contributed by atoms with van der Waals surface area (Å²) in [5, 5.41) is 15.1. The quantitative estimate of drug-likeness (QED) is 0.755. The van der Waals surface area contributed by atoms with E-state index >= 15 is 0 Å². The molecule has 6 heteroatoms. The number of nitrogens with zero attached hydrogens (tertiary/aromatic N) is 1. The van der Waals surface area contributed by atoms with E-state index in [0.717, 1.165) is 25.7 Å². The number of carbonyl (C=O) groups is 2. The Labute approximate surface area is 112 Å². The molecule has 0 radical (unpaired) electrons. The molecule has 2 N–H and O–H groups in total. The molecule has 2 rings (SSSR count). The van der Waals surface area contributed by atoms with Crippen molar-refractivity contribution in [1.82, 2.24) is 5.32 Å². The van der Waals surface area contributed by atoms with E-state index in [0.29, 0.717) is 5.92 Å². The first kappa shape index (κ1) is 13.8. The Morgan fingerprint density at radius 3 is 2.79 bits per heavy atom. The van der Waals surface area contributed by atoms with Crippen molar-refractivity contribution >= 4 is 17.6 Å². The van der Waals surface area contributed by atoms with Gasteiger partial charge in [-0.3, -0.25) is 4.79 Å². The van der Waals surface area contributed by atoms with Crippen molar-refractivity contribution in [3.8, 4) is 0 Å². The Bertz CT molecular complexity index is 394. The van der Waals surface area contributed by atoms with Crippen LogP contribution >= 0.6 is 0 Å². The van der Waals surface area contributed by atoms with Crippen LogP contribution in [0.1, 0.15) is 45.4 Å². The Morgan fingerprint density at radius 2 is 2.11 bits per heavy atom. The minimum Gasteiger partial charge on any atom is -0.477 e. The Kier molecular flexibility index (Phi) is 4.39. The van der Waals surface area contributed by atoms with E-state index in [1.807, 2.05) is 0 Å². The number of nitrogens with one attached hydrogen (secondary N) is 1. The van der Waals surface area contributed by atoms with E-state index in [2.05, 4.69) is 17.4 Å². The van der Waals surface area contributed by atoms with Crippen molar-refractivity contribution in [3.63, 3.8) is 0 Å². The Hall–Kier alpha value is -1.59. The Balaban J connectivity index is 1.80. The zero-order valence-electron chi connectivity index (χ0n) is 11.1. The highest BCUT2D eigenvalue weighted by molar-refractivity contribution is 6.36. The van der Waals surface area contributed by atoms with Crippen LogP contribution in [0.25, 0.3) is 0 Å². The maximum absolute atomic E-state index is 12.0. The summed E-state index contributed by atoms with van der Waals surface area (Å²) in [6.07, 6.45) is 4.67. The van der Waals surface area contributed by atoms with Gasteiger partial charge >= 0.3 is 5.97 Å². The molecule has 0 aromatic heterocycles. The molecule has 1 fully saturated rings. The van der Waals surface area contributed by atoms with Gasteiger partial charge in [-0.05, 0) is 25.2 Å². The number of amides is 1. The van der Waals surface area contributed by atoms with Crippen LogP contribution in [0.5, 0.6) is 0 Å². The molecule has 3 unspecified atom stereocenters. The number of carboxylic acids is 1. The second kappa shape index (κ2) is 6.04. The van der Waals surface area contributed by atoms with Crippen LogP contribution in [0.2, 0.25) is 0 Å². The fourth-order valence-corrected chi connectivity index (χ4v) is 2.57. The van der Waals surface area contributed by atoms with Gasteiger partial charge in [0.15, 0.2) is 5.71 Å². The summed E-state index contributed by atoms with van der Waals surface area (Å²) in [5.74, 6) is -0.662. The smallest absolute Gasteiger partial charge is 0.353 e. The van der Waals surface area contributed by atoms with E-state index < -0.39 is 12.1 Å². The summed E-state index contributed by atoms with van der Waals surface area (Å²) in [6.45, 7) is 2.23. The lowest BCUT2D eigenvalue weighted by Crippen LogP contribution is -2.41. The molecule has 2 aliphatic rings. The van der Waals surface area contributed by atoms with E-state index in [-0.39, 0.29) is 24.1 Å². The molecule has 1 aliphatic heterocycles. The monoisotopic (exact) mass is 268 g/mol. The minimum absolute atomic E-state index is 0.0459.